The third kappa shape index (κ3) is 9.75. The van der Waals surface area contributed by atoms with Gasteiger partial charge in [0, 0.05) is 21.7 Å². The smallest absolute Gasteiger partial charge is 0.0159 e. The van der Waals surface area contributed by atoms with Gasteiger partial charge in [0.2, 0.25) is 0 Å². The standard InChI is InChI=1S/2C54H40/c1-53(2)47-25-26-48-52(51(47)45-23-21-43(31-49(45)53)41-16-14-34-10-6-8-12-36(34)28-41)46-24-22-44(32-50(46)54(48,3)4)42-20-19-39-29-38(17-18-40(39)30-42)37-15-13-33-9-5-7-11-35(33)27-37;1-53(2)47-16-10-9-15-44(47)51-48(53)25-26-49-52(51)45-24-23-39(32-50(45)54(49,3)4)42-30-40-13-7-8-14-43(40)46(31-42)41-22-21-37-28-36(19-20-38(37)29-41)35-18-17-33-11-5-6-12-34(33)27-35/h2*5-32H,1-4H3. The largest absolute Gasteiger partial charge is 0.0619 e. The molecule has 18 aromatic carbocycles. The van der Waals surface area contributed by atoms with E-state index in [1.807, 2.05) is 0 Å². The number of fused-ring (bicyclic) bond motifs is 20. The van der Waals surface area contributed by atoms with E-state index in [9.17, 15) is 0 Å². The second kappa shape index (κ2) is 23.5. The summed E-state index contributed by atoms with van der Waals surface area (Å²) in [7, 11) is 0. The maximum Gasteiger partial charge on any atom is 0.0159 e. The molecule has 0 aliphatic heterocycles. The van der Waals surface area contributed by atoms with Gasteiger partial charge in [0.1, 0.15) is 0 Å². The van der Waals surface area contributed by atoms with Gasteiger partial charge in [-0.2, -0.15) is 0 Å². The van der Waals surface area contributed by atoms with Crippen molar-refractivity contribution in [1.29, 1.82) is 0 Å². The van der Waals surface area contributed by atoms with Crippen LogP contribution in [0.25, 0.3) is 176 Å². The fourth-order valence-corrected chi connectivity index (χ4v) is 19.6. The Hall–Kier alpha value is -12.5. The van der Waals surface area contributed by atoms with Crippen LogP contribution >= 0.6 is 0 Å². The van der Waals surface area contributed by atoms with E-state index in [4.69, 9.17) is 0 Å². The summed E-state index contributed by atoms with van der Waals surface area (Å²) in [6.45, 7) is 19.2. The minimum absolute atomic E-state index is 0.0163. The van der Waals surface area contributed by atoms with E-state index >= 15 is 0 Å². The summed E-state index contributed by atoms with van der Waals surface area (Å²) in [4.78, 5) is 0. The van der Waals surface area contributed by atoms with E-state index in [2.05, 4.69) is 395 Å². The summed E-state index contributed by atoms with van der Waals surface area (Å²) >= 11 is 0. The molecular weight excluding hydrogens is 1300 g/mol. The molecule has 18 aromatic rings. The molecule has 0 aromatic heterocycles. The van der Waals surface area contributed by atoms with Gasteiger partial charge in [0.25, 0.3) is 0 Å². The summed E-state index contributed by atoms with van der Waals surface area (Å²) < 4.78 is 0. The molecule has 0 saturated heterocycles. The van der Waals surface area contributed by atoms with Gasteiger partial charge < -0.3 is 0 Å². The van der Waals surface area contributed by atoms with Crippen molar-refractivity contribution in [3.05, 3.63) is 384 Å². The van der Waals surface area contributed by atoms with Crippen LogP contribution in [0.5, 0.6) is 0 Å². The van der Waals surface area contributed by atoms with Crippen molar-refractivity contribution in [1.82, 2.24) is 0 Å². The Morgan fingerprint density at radius 3 is 0.759 bits per heavy atom. The van der Waals surface area contributed by atoms with Crippen LogP contribution in [0.3, 0.4) is 0 Å². The summed E-state index contributed by atoms with van der Waals surface area (Å²) in [5.41, 5.74) is 37.4. The lowest BCUT2D eigenvalue weighted by Crippen LogP contribution is -2.17. The molecule has 0 bridgehead atoms. The monoisotopic (exact) mass is 1380 g/mol. The van der Waals surface area contributed by atoms with Gasteiger partial charge in [0.05, 0.1) is 0 Å². The predicted molar refractivity (Wildman–Crippen MR) is 461 cm³/mol. The van der Waals surface area contributed by atoms with Crippen molar-refractivity contribution in [3.8, 4) is 111 Å². The summed E-state index contributed by atoms with van der Waals surface area (Å²) in [5.74, 6) is 0. The zero-order valence-electron chi connectivity index (χ0n) is 62.3. The lowest BCUT2D eigenvalue weighted by molar-refractivity contribution is 0.651. The van der Waals surface area contributed by atoms with E-state index < -0.39 is 0 Å². The first-order valence-corrected chi connectivity index (χ1v) is 38.5. The van der Waals surface area contributed by atoms with Gasteiger partial charge in [-0.3, -0.25) is 0 Å². The van der Waals surface area contributed by atoms with Gasteiger partial charge >= 0.3 is 0 Å². The molecule has 0 fully saturated rings. The molecule has 0 spiro atoms. The Bertz CT molecular complexity index is 6920. The van der Waals surface area contributed by atoms with Crippen LogP contribution < -0.4 is 0 Å². The highest BCUT2D eigenvalue weighted by atomic mass is 14.5. The van der Waals surface area contributed by atoms with Crippen molar-refractivity contribution in [2.45, 2.75) is 77.0 Å². The molecule has 0 heterocycles. The van der Waals surface area contributed by atoms with Crippen LogP contribution in [0.15, 0.2) is 340 Å². The summed E-state index contributed by atoms with van der Waals surface area (Å²) in [6, 6.07) is 128. The zero-order chi connectivity index (χ0) is 72.7. The Labute approximate surface area is 633 Å². The maximum atomic E-state index is 2.48. The van der Waals surface area contributed by atoms with Crippen LogP contribution in [-0.2, 0) is 21.7 Å². The third-order valence-corrected chi connectivity index (χ3v) is 25.6. The first-order chi connectivity index (χ1) is 52.5. The summed E-state index contributed by atoms with van der Waals surface area (Å²) in [6.07, 6.45) is 0. The van der Waals surface area contributed by atoms with Crippen LogP contribution in [0.1, 0.15) is 99.9 Å². The van der Waals surface area contributed by atoms with Crippen molar-refractivity contribution in [2.75, 3.05) is 0 Å². The van der Waals surface area contributed by atoms with Gasteiger partial charge in [-0.15, -0.1) is 0 Å². The normalized spacial score (nSPS) is 14.6. The molecule has 0 atom stereocenters. The van der Waals surface area contributed by atoms with Crippen LogP contribution in [0.2, 0.25) is 0 Å². The highest BCUT2D eigenvalue weighted by molar-refractivity contribution is 6.06. The second-order valence-corrected chi connectivity index (χ2v) is 33.1. The minimum Gasteiger partial charge on any atom is -0.0619 e. The Morgan fingerprint density at radius 1 is 0.139 bits per heavy atom. The molecule has 22 rings (SSSR count). The first kappa shape index (κ1) is 63.9. The molecule has 4 aliphatic carbocycles. The topological polar surface area (TPSA) is 0 Å². The minimum atomic E-state index is -0.112. The SMILES string of the molecule is CC1(C)c2cc(-c3ccc4ccccc4c3)ccc2-c2c1ccc1c2-c2ccc(-c3ccc4cc(-c5ccc6ccccc6c5)ccc4c3)cc2C1(C)C.CC1(C)c2ccccc2-c2c1ccc1c2-c2ccc(-c3cc(-c4ccc5cc(-c6ccc7ccccc7c6)ccc5c4)c4ccccc4c3)cc2C1(C)C. The molecule has 512 valence electrons. The number of rotatable bonds is 6. The van der Waals surface area contributed by atoms with Gasteiger partial charge in [-0.1, -0.05) is 322 Å². The molecule has 4 aliphatic rings. The fraction of sp³-hybridized carbons (Fsp3) is 0.111. The lowest BCUT2D eigenvalue weighted by atomic mass is 9.79. The van der Waals surface area contributed by atoms with E-state index in [1.165, 1.54) is 220 Å². The van der Waals surface area contributed by atoms with E-state index in [0.717, 1.165) is 0 Å². The summed E-state index contributed by atoms with van der Waals surface area (Å²) in [5, 5.41) is 15.2. The second-order valence-electron chi connectivity index (χ2n) is 33.1. The molecule has 0 N–H and O–H groups in total. The molecule has 0 amide bonds. The van der Waals surface area contributed by atoms with Gasteiger partial charge in [-0.05, 0) is 293 Å². The Balaban J connectivity index is 0.000000138. The van der Waals surface area contributed by atoms with E-state index in [1.54, 1.807) is 0 Å². The van der Waals surface area contributed by atoms with Crippen molar-refractivity contribution < 1.29 is 0 Å². The Kier molecular flexibility index (Phi) is 13.9. The number of hydrogen-bond donors (Lipinski definition) is 0. The van der Waals surface area contributed by atoms with E-state index in [-0.39, 0.29) is 21.7 Å². The maximum absolute atomic E-state index is 2.48. The molecule has 0 heteroatoms. The van der Waals surface area contributed by atoms with Crippen LogP contribution in [0, 0.1) is 0 Å². The number of hydrogen-bond acceptors (Lipinski definition) is 0. The highest BCUT2D eigenvalue weighted by Gasteiger charge is 2.46. The molecule has 0 unspecified atom stereocenters. The zero-order valence-corrected chi connectivity index (χ0v) is 62.3. The highest BCUT2D eigenvalue weighted by Crippen LogP contribution is 2.62. The molecule has 0 saturated carbocycles. The van der Waals surface area contributed by atoms with E-state index in [0.29, 0.717) is 0 Å². The first-order valence-electron chi connectivity index (χ1n) is 38.5. The van der Waals surface area contributed by atoms with Crippen molar-refractivity contribution in [3.63, 3.8) is 0 Å². The molecule has 108 heavy (non-hydrogen) atoms. The van der Waals surface area contributed by atoms with Crippen LogP contribution in [0.4, 0.5) is 0 Å². The average Bonchev–Trinajstić information content (AvgIpc) is 1.54. The van der Waals surface area contributed by atoms with Crippen molar-refractivity contribution >= 4 is 64.6 Å². The van der Waals surface area contributed by atoms with Gasteiger partial charge in [-0.25, -0.2) is 0 Å². The predicted octanol–water partition coefficient (Wildman–Crippen LogP) is 29.5. The molecule has 0 radical (unpaired) electrons. The third-order valence-electron chi connectivity index (χ3n) is 25.6. The average molecular weight is 1380 g/mol. The lowest BCUT2D eigenvalue weighted by Gasteiger charge is -2.24. The quantitative estimate of drug-likeness (QED) is 0.156. The molecular formula is C108H80. The molecule has 0 nitrogen and oxygen atoms in total. The van der Waals surface area contributed by atoms with Gasteiger partial charge in [0.15, 0.2) is 0 Å². The number of benzene rings is 18. The fourth-order valence-electron chi connectivity index (χ4n) is 19.6. The van der Waals surface area contributed by atoms with Crippen LogP contribution in [-0.4, -0.2) is 0 Å². The Morgan fingerprint density at radius 2 is 0.380 bits per heavy atom. The van der Waals surface area contributed by atoms with Crippen molar-refractivity contribution in [2.24, 2.45) is 0 Å².